The third kappa shape index (κ3) is 2.72. The third-order valence-electron chi connectivity index (χ3n) is 2.18. The maximum atomic E-state index is 11.8. The van der Waals surface area contributed by atoms with E-state index in [1.54, 1.807) is 38.1 Å². The van der Waals surface area contributed by atoms with Gasteiger partial charge >= 0.3 is 0 Å². The molecule has 0 spiro atoms. The average Bonchev–Trinajstić information content (AvgIpc) is 2.19. The Morgan fingerprint density at radius 2 is 1.73 bits per heavy atom. The Morgan fingerprint density at radius 1 is 1.20 bits per heavy atom. The van der Waals surface area contributed by atoms with E-state index in [-0.39, 0.29) is 5.25 Å². The highest BCUT2D eigenvalue weighted by Gasteiger charge is 2.18. The van der Waals surface area contributed by atoms with Crippen molar-refractivity contribution in [3.63, 3.8) is 0 Å². The van der Waals surface area contributed by atoms with E-state index in [4.69, 9.17) is 0 Å². The van der Waals surface area contributed by atoms with Crippen molar-refractivity contribution in [1.82, 2.24) is 0 Å². The normalized spacial score (nSPS) is 11.7. The van der Waals surface area contributed by atoms with Crippen molar-refractivity contribution in [1.29, 1.82) is 0 Å². The summed E-state index contributed by atoms with van der Waals surface area (Å²) in [6.45, 7) is 6.20. The highest BCUT2D eigenvalue weighted by Crippen LogP contribution is 2.18. The molecule has 3 nitrogen and oxygen atoms in total. The quantitative estimate of drug-likeness (QED) is 0.858. The van der Waals surface area contributed by atoms with Gasteiger partial charge in [-0.05, 0) is 45.0 Å². The van der Waals surface area contributed by atoms with Crippen LogP contribution in [0.1, 0.15) is 20.8 Å². The number of benzene rings is 1. The molecule has 0 aliphatic carbocycles. The number of hydrogen-bond acceptors (Lipinski definition) is 3. The molecular weight excluding hydrogens is 210 g/mol. The van der Waals surface area contributed by atoms with Crippen LogP contribution in [0.3, 0.4) is 0 Å². The summed E-state index contributed by atoms with van der Waals surface area (Å²) in [7, 11) is -3.14. The van der Waals surface area contributed by atoms with Gasteiger partial charge in [0.1, 0.15) is 0 Å². The molecular formula is C11H17NO2S. The van der Waals surface area contributed by atoms with Crippen molar-refractivity contribution >= 4 is 15.5 Å². The van der Waals surface area contributed by atoms with Crippen molar-refractivity contribution in [2.24, 2.45) is 0 Å². The second kappa shape index (κ2) is 4.66. The van der Waals surface area contributed by atoms with Gasteiger partial charge in [-0.1, -0.05) is 0 Å². The van der Waals surface area contributed by atoms with E-state index in [1.165, 1.54) is 0 Å². The van der Waals surface area contributed by atoms with Gasteiger partial charge in [0.15, 0.2) is 9.84 Å². The molecule has 0 amide bonds. The van der Waals surface area contributed by atoms with Gasteiger partial charge < -0.3 is 5.32 Å². The van der Waals surface area contributed by atoms with Crippen LogP contribution in [0.5, 0.6) is 0 Å². The van der Waals surface area contributed by atoms with Crippen molar-refractivity contribution < 1.29 is 8.42 Å². The fraction of sp³-hybridized carbons (Fsp3) is 0.455. The highest BCUT2D eigenvalue weighted by molar-refractivity contribution is 7.92. The lowest BCUT2D eigenvalue weighted by molar-refractivity contribution is 0.587. The smallest absolute Gasteiger partial charge is 0.180 e. The van der Waals surface area contributed by atoms with Crippen LogP contribution in [0.15, 0.2) is 29.2 Å². The Bertz CT molecular complexity index is 407. The maximum absolute atomic E-state index is 11.8. The Labute approximate surface area is 91.4 Å². The van der Waals surface area contributed by atoms with Gasteiger partial charge in [-0.3, -0.25) is 0 Å². The standard InChI is InChI=1S/C11H17NO2S/c1-4-12-10-5-7-11(8-6-10)15(13,14)9(2)3/h5-9,12H,4H2,1-3H3. The molecule has 1 aromatic rings. The minimum absolute atomic E-state index is 0.373. The molecule has 0 radical (unpaired) electrons. The summed E-state index contributed by atoms with van der Waals surface area (Å²) in [4.78, 5) is 0.388. The monoisotopic (exact) mass is 227 g/mol. The summed E-state index contributed by atoms with van der Waals surface area (Å²) < 4.78 is 23.6. The summed E-state index contributed by atoms with van der Waals surface area (Å²) in [6, 6.07) is 6.87. The Morgan fingerprint density at radius 3 is 2.13 bits per heavy atom. The lowest BCUT2D eigenvalue weighted by atomic mass is 10.3. The summed E-state index contributed by atoms with van der Waals surface area (Å²) in [5.74, 6) is 0. The van der Waals surface area contributed by atoms with E-state index in [2.05, 4.69) is 5.32 Å². The van der Waals surface area contributed by atoms with Gasteiger partial charge in [-0.2, -0.15) is 0 Å². The number of rotatable bonds is 4. The van der Waals surface area contributed by atoms with E-state index in [9.17, 15) is 8.42 Å². The van der Waals surface area contributed by atoms with Crippen LogP contribution < -0.4 is 5.32 Å². The molecule has 4 heteroatoms. The van der Waals surface area contributed by atoms with E-state index < -0.39 is 9.84 Å². The molecule has 1 N–H and O–H groups in total. The Balaban J connectivity index is 2.99. The molecule has 84 valence electrons. The lowest BCUT2D eigenvalue weighted by Crippen LogP contribution is -2.13. The topological polar surface area (TPSA) is 46.2 Å². The molecule has 1 rings (SSSR count). The zero-order valence-corrected chi connectivity index (χ0v) is 10.1. The fourth-order valence-corrected chi connectivity index (χ4v) is 2.30. The van der Waals surface area contributed by atoms with Crippen molar-refractivity contribution in [2.75, 3.05) is 11.9 Å². The molecule has 0 aliphatic heterocycles. The van der Waals surface area contributed by atoms with Gasteiger partial charge in [0.05, 0.1) is 10.1 Å². The van der Waals surface area contributed by atoms with Crippen LogP contribution in [0.4, 0.5) is 5.69 Å². The highest BCUT2D eigenvalue weighted by atomic mass is 32.2. The zero-order valence-electron chi connectivity index (χ0n) is 9.32. The van der Waals surface area contributed by atoms with Crippen molar-refractivity contribution in [2.45, 2.75) is 30.9 Å². The minimum Gasteiger partial charge on any atom is -0.385 e. The van der Waals surface area contributed by atoms with Crippen LogP contribution in [0.2, 0.25) is 0 Å². The first-order chi connectivity index (χ1) is 6.98. The van der Waals surface area contributed by atoms with Gasteiger partial charge in [-0.25, -0.2) is 8.42 Å². The number of hydrogen-bond donors (Lipinski definition) is 1. The predicted molar refractivity (Wildman–Crippen MR) is 62.9 cm³/mol. The van der Waals surface area contributed by atoms with Crippen molar-refractivity contribution in [3.05, 3.63) is 24.3 Å². The lowest BCUT2D eigenvalue weighted by Gasteiger charge is -2.08. The van der Waals surface area contributed by atoms with Crippen LogP contribution >= 0.6 is 0 Å². The fourth-order valence-electron chi connectivity index (χ4n) is 1.24. The first-order valence-electron chi connectivity index (χ1n) is 5.06. The maximum Gasteiger partial charge on any atom is 0.180 e. The molecule has 1 aromatic carbocycles. The zero-order chi connectivity index (χ0) is 11.5. The van der Waals surface area contributed by atoms with E-state index >= 15 is 0 Å². The largest absolute Gasteiger partial charge is 0.385 e. The molecule has 0 unspecified atom stereocenters. The molecule has 0 aromatic heterocycles. The predicted octanol–water partition coefficient (Wildman–Crippen LogP) is 2.30. The molecule has 0 aliphatic rings. The summed E-state index contributed by atoms with van der Waals surface area (Å²) in [5, 5.41) is 2.75. The second-order valence-corrected chi connectivity index (χ2v) is 6.15. The van der Waals surface area contributed by atoms with Crippen LogP contribution in [0.25, 0.3) is 0 Å². The summed E-state index contributed by atoms with van der Waals surface area (Å²) >= 11 is 0. The molecule has 0 bridgehead atoms. The second-order valence-electron chi connectivity index (χ2n) is 3.65. The average molecular weight is 227 g/mol. The molecule has 0 fully saturated rings. The van der Waals surface area contributed by atoms with Crippen LogP contribution in [0, 0.1) is 0 Å². The molecule has 15 heavy (non-hydrogen) atoms. The van der Waals surface area contributed by atoms with Gasteiger partial charge in [0.2, 0.25) is 0 Å². The van der Waals surface area contributed by atoms with E-state index in [0.29, 0.717) is 4.90 Å². The van der Waals surface area contributed by atoms with Crippen molar-refractivity contribution in [3.8, 4) is 0 Å². The van der Waals surface area contributed by atoms with E-state index in [0.717, 1.165) is 12.2 Å². The first kappa shape index (κ1) is 12.0. The number of sulfone groups is 1. The van der Waals surface area contributed by atoms with Gasteiger partial charge in [0, 0.05) is 12.2 Å². The molecule has 0 heterocycles. The first-order valence-corrected chi connectivity index (χ1v) is 6.61. The Kier molecular flexibility index (Phi) is 3.74. The minimum atomic E-state index is -3.14. The molecule has 0 saturated carbocycles. The third-order valence-corrected chi connectivity index (χ3v) is 4.35. The number of anilines is 1. The van der Waals surface area contributed by atoms with Gasteiger partial charge in [0.25, 0.3) is 0 Å². The van der Waals surface area contributed by atoms with Crippen LogP contribution in [-0.4, -0.2) is 20.2 Å². The van der Waals surface area contributed by atoms with Crippen LogP contribution in [-0.2, 0) is 9.84 Å². The Hall–Kier alpha value is -1.03. The number of nitrogens with one attached hydrogen (secondary N) is 1. The molecule has 0 atom stereocenters. The summed E-state index contributed by atoms with van der Waals surface area (Å²) in [5.41, 5.74) is 0.945. The van der Waals surface area contributed by atoms with E-state index in [1.807, 2.05) is 6.92 Å². The SMILES string of the molecule is CCNc1ccc(S(=O)(=O)C(C)C)cc1. The molecule has 0 saturated heterocycles. The summed E-state index contributed by atoms with van der Waals surface area (Å²) in [6.07, 6.45) is 0. The van der Waals surface area contributed by atoms with Gasteiger partial charge in [-0.15, -0.1) is 0 Å².